The van der Waals surface area contributed by atoms with Crippen LogP contribution in [-0.4, -0.2) is 10.1 Å². The average molecular weight is 278 g/mol. The third-order valence-corrected chi connectivity index (χ3v) is 3.57. The summed E-state index contributed by atoms with van der Waals surface area (Å²) in [5, 5.41) is 14.8. The van der Waals surface area contributed by atoms with Crippen molar-refractivity contribution >= 4 is 10.8 Å². The average Bonchev–Trinajstić information content (AvgIpc) is 2.55. The van der Waals surface area contributed by atoms with Gasteiger partial charge in [0.25, 0.3) is 0 Å². The largest absolute Gasteiger partial charge is 0.392 e. The van der Waals surface area contributed by atoms with E-state index in [4.69, 9.17) is 5.11 Å². The van der Waals surface area contributed by atoms with Gasteiger partial charge in [0, 0.05) is 30.9 Å². The quantitative estimate of drug-likeness (QED) is 0.754. The van der Waals surface area contributed by atoms with Crippen LogP contribution >= 0.6 is 0 Å². The molecular weight excluding hydrogens is 260 g/mol. The number of aliphatic hydroxyl groups excluding tert-OH is 1. The van der Waals surface area contributed by atoms with Crippen LogP contribution in [-0.2, 0) is 19.7 Å². The van der Waals surface area contributed by atoms with Crippen molar-refractivity contribution in [2.24, 2.45) is 0 Å². The summed E-state index contributed by atoms with van der Waals surface area (Å²) in [6.07, 6.45) is 3.71. The second kappa shape index (κ2) is 6.48. The molecule has 3 nitrogen and oxygen atoms in total. The van der Waals surface area contributed by atoms with Gasteiger partial charge in [-0.15, -0.1) is 0 Å². The minimum absolute atomic E-state index is 0.0969. The molecule has 21 heavy (non-hydrogen) atoms. The van der Waals surface area contributed by atoms with Crippen molar-refractivity contribution in [2.45, 2.75) is 19.7 Å². The molecule has 1 heterocycles. The minimum Gasteiger partial charge on any atom is -0.392 e. The molecule has 0 bridgehead atoms. The minimum atomic E-state index is 0.0969. The zero-order valence-corrected chi connectivity index (χ0v) is 11.8. The summed E-state index contributed by atoms with van der Waals surface area (Å²) < 4.78 is 0. The number of nitrogens with one attached hydrogen (secondary N) is 1. The zero-order chi connectivity index (χ0) is 14.5. The van der Waals surface area contributed by atoms with Crippen molar-refractivity contribution in [2.75, 3.05) is 0 Å². The number of aromatic nitrogens is 1. The van der Waals surface area contributed by atoms with Crippen LogP contribution in [0.3, 0.4) is 0 Å². The first-order valence-corrected chi connectivity index (χ1v) is 7.07. The van der Waals surface area contributed by atoms with E-state index in [1.165, 1.54) is 21.9 Å². The lowest BCUT2D eigenvalue weighted by molar-refractivity contribution is 0.282. The van der Waals surface area contributed by atoms with E-state index in [0.717, 1.165) is 18.7 Å². The van der Waals surface area contributed by atoms with Gasteiger partial charge in [0.1, 0.15) is 0 Å². The topological polar surface area (TPSA) is 45.1 Å². The summed E-state index contributed by atoms with van der Waals surface area (Å²) in [5.41, 5.74) is 3.43. The summed E-state index contributed by atoms with van der Waals surface area (Å²) in [5.74, 6) is 0. The maximum absolute atomic E-state index is 9.02. The zero-order valence-electron chi connectivity index (χ0n) is 11.8. The normalized spacial score (nSPS) is 10.9. The summed E-state index contributed by atoms with van der Waals surface area (Å²) in [6, 6.07) is 16.5. The van der Waals surface area contributed by atoms with Gasteiger partial charge < -0.3 is 10.4 Å². The number of rotatable bonds is 5. The maximum Gasteiger partial charge on any atom is 0.0681 e. The Bertz CT molecular complexity index is 723. The molecule has 1 aromatic heterocycles. The Morgan fingerprint density at radius 2 is 1.52 bits per heavy atom. The Kier molecular flexibility index (Phi) is 4.24. The van der Waals surface area contributed by atoms with E-state index in [2.05, 4.69) is 28.5 Å². The number of fused-ring (bicyclic) bond motifs is 1. The first-order chi connectivity index (χ1) is 10.3. The second-order valence-corrected chi connectivity index (χ2v) is 5.14. The Morgan fingerprint density at radius 3 is 2.33 bits per heavy atom. The van der Waals surface area contributed by atoms with Gasteiger partial charge in [-0.05, 0) is 34.2 Å². The standard InChI is InChI=1S/C18H18N2O/c21-13-15-3-1-14(2-4-15)10-20-11-16-5-6-18-12-19-8-7-17(18)9-16/h1-9,12,20-21H,10-11,13H2. The lowest BCUT2D eigenvalue weighted by atomic mass is 10.1. The van der Waals surface area contributed by atoms with E-state index in [-0.39, 0.29) is 6.61 Å². The van der Waals surface area contributed by atoms with Crippen LogP contribution in [0.2, 0.25) is 0 Å². The maximum atomic E-state index is 9.02. The fraction of sp³-hybridized carbons (Fsp3) is 0.167. The van der Waals surface area contributed by atoms with E-state index in [9.17, 15) is 0 Å². The van der Waals surface area contributed by atoms with Crippen LogP contribution in [0.4, 0.5) is 0 Å². The summed E-state index contributed by atoms with van der Waals surface area (Å²) in [4.78, 5) is 4.13. The molecule has 0 unspecified atom stereocenters. The molecule has 0 radical (unpaired) electrons. The van der Waals surface area contributed by atoms with E-state index in [1.54, 1.807) is 0 Å². The highest BCUT2D eigenvalue weighted by molar-refractivity contribution is 5.81. The Hall–Kier alpha value is -2.23. The molecule has 2 aromatic carbocycles. The summed E-state index contributed by atoms with van der Waals surface area (Å²) in [7, 11) is 0. The van der Waals surface area contributed by atoms with E-state index in [0.29, 0.717) is 0 Å². The number of benzene rings is 2. The fourth-order valence-corrected chi connectivity index (χ4v) is 2.36. The number of pyridine rings is 1. The van der Waals surface area contributed by atoms with Crippen LogP contribution in [0.1, 0.15) is 16.7 Å². The molecule has 0 spiro atoms. The molecule has 0 fully saturated rings. The molecule has 0 aliphatic rings. The summed E-state index contributed by atoms with van der Waals surface area (Å²) in [6.45, 7) is 1.75. The molecule has 0 saturated heterocycles. The van der Waals surface area contributed by atoms with Crippen LogP contribution in [0.25, 0.3) is 10.8 Å². The number of hydrogen-bond donors (Lipinski definition) is 2. The van der Waals surface area contributed by atoms with Crippen molar-refractivity contribution in [1.29, 1.82) is 0 Å². The third-order valence-electron chi connectivity index (χ3n) is 3.57. The highest BCUT2D eigenvalue weighted by Crippen LogP contribution is 2.14. The van der Waals surface area contributed by atoms with Gasteiger partial charge in [-0.2, -0.15) is 0 Å². The van der Waals surface area contributed by atoms with Crippen LogP contribution in [0.5, 0.6) is 0 Å². The van der Waals surface area contributed by atoms with Crippen LogP contribution in [0, 0.1) is 0 Å². The van der Waals surface area contributed by atoms with E-state index < -0.39 is 0 Å². The van der Waals surface area contributed by atoms with Crippen molar-refractivity contribution in [3.63, 3.8) is 0 Å². The smallest absolute Gasteiger partial charge is 0.0681 e. The molecule has 3 heteroatoms. The molecule has 3 rings (SSSR count). The number of aliphatic hydroxyl groups is 1. The van der Waals surface area contributed by atoms with Crippen molar-refractivity contribution in [3.05, 3.63) is 77.6 Å². The highest BCUT2D eigenvalue weighted by Gasteiger charge is 1.98. The van der Waals surface area contributed by atoms with Gasteiger partial charge in [-0.3, -0.25) is 4.98 Å². The van der Waals surface area contributed by atoms with Crippen molar-refractivity contribution in [3.8, 4) is 0 Å². The third kappa shape index (κ3) is 3.45. The lowest BCUT2D eigenvalue weighted by Crippen LogP contribution is -2.12. The van der Waals surface area contributed by atoms with Gasteiger partial charge in [0.05, 0.1) is 6.61 Å². The number of hydrogen-bond acceptors (Lipinski definition) is 3. The Labute approximate surface area is 124 Å². The molecule has 0 aliphatic carbocycles. The molecular formula is C18H18N2O. The van der Waals surface area contributed by atoms with Gasteiger partial charge >= 0.3 is 0 Å². The lowest BCUT2D eigenvalue weighted by Gasteiger charge is -2.07. The molecule has 106 valence electrons. The fourth-order valence-electron chi connectivity index (χ4n) is 2.36. The van der Waals surface area contributed by atoms with Gasteiger partial charge in [0.15, 0.2) is 0 Å². The SMILES string of the molecule is OCc1ccc(CNCc2ccc3cnccc3c2)cc1. The van der Waals surface area contributed by atoms with Crippen molar-refractivity contribution < 1.29 is 5.11 Å². The van der Waals surface area contributed by atoms with Gasteiger partial charge in [0.2, 0.25) is 0 Å². The molecule has 0 saturated carbocycles. The van der Waals surface area contributed by atoms with Gasteiger partial charge in [-0.25, -0.2) is 0 Å². The molecule has 2 N–H and O–H groups in total. The van der Waals surface area contributed by atoms with Crippen LogP contribution in [0.15, 0.2) is 60.9 Å². The van der Waals surface area contributed by atoms with E-state index in [1.807, 2.05) is 42.7 Å². The first-order valence-electron chi connectivity index (χ1n) is 7.07. The summed E-state index contributed by atoms with van der Waals surface area (Å²) >= 11 is 0. The van der Waals surface area contributed by atoms with Crippen molar-refractivity contribution in [1.82, 2.24) is 10.3 Å². The molecule has 0 atom stereocenters. The number of nitrogens with zero attached hydrogens (tertiary/aromatic N) is 1. The second-order valence-electron chi connectivity index (χ2n) is 5.14. The first kappa shape index (κ1) is 13.7. The molecule has 0 amide bonds. The highest BCUT2D eigenvalue weighted by atomic mass is 16.3. The predicted octanol–water partition coefficient (Wildman–Crippen LogP) is 3.02. The monoisotopic (exact) mass is 278 g/mol. The molecule has 0 aliphatic heterocycles. The van der Waals surface area contributed by atoms with Crippen LogP contribution < -0.4 is 5.32 Å². The van der Waals surface area contributed by atoms with Gasteiger partial charge in [-0.1, -0.05) is 36.4 Å². The molecule has 3 aromatic rings. The van der Waals surface area contributed by atoms with E-state index >= 15 is 0 Å². The predicted molar refractivity (Wildman–Crippen MR) is 84.7 cm³/mol. The Morgan fingerprint density at radius 1 is 0.810 bits per heavy atom. The Balaban J connectivity index is 1.60.